The average molecular weight is 306 g/mol. The maximum absolute atomic E-state index is 2.32. The predicted molar refractivity (Wildman–Crippen MR) is 67.8 cm³/mol. The van der Waals surface area contributed by atoms with Gasteiger partial charge in [0.25, 0.3) is 14.1 Å². The van der Waals surface area contributed by atoms with E-state index in [4.69, 9.17) is 0 Å². The topological polar surface area (TPSA) is 0 Å². The smallest absolute Gasteiger partial charge is 0.114 e. The maximum Gasteiger partial charge on any atom is 0.261 e. The Kier molecular flexibility index (Phi) is 39.0. The van der Waals surface area contributed by atoms with E-state index in [0.29, 0.717) is 0 Å². The highest BCUT2D eigenvalue weighted by Crippen LogP contribution is 2.01. The second-order valence-electron chi connectivity index (χ2n) is 2.09. The van der Waals surface area contributed by atoms with Crippen molar-refractivity contribution in [3.63, 3.8) is 0 Å². The van der Waals surface area contributed by atoms with E-state index in [9.17, 15) is 0 Å². The summed E-state index contributed by atoms with van der Waals surface area (Å²) in [6, 6.07) is 0. The first-order valence-corrected chi connectivity index (χ1v) is 5.80. The fourth-order valence-electron chi connectivity index (χ4n) is 0.866. The quantitative estimate of drug-likeness (QED) is 0.703. The van der Waals surface area contributed by atoms with Gasteiger partial charge in [0.2, 0.25) is 0 Å². The van der Waals surface area contributed by atoms with Crippen molar-refractivity contribution in [2.45, 2.75) is 36.6 Å². The fraction of sp³-hybridized carbons (Fsp3) is 1.00. The van der Waals surface area contributed by atoms with Gasteiger partial charge in [-0.25, -0.2) is 0 Å². The highest BCUT2D eigenvalue weighted by molar-refractivity contribution is 8.93. The lowest BCUT2D eigenvalue weighted by molar-refractivity contribution is 1.24. The molecule has 4 heteroatoms. The van der Waals surface area contributed by atoms with E-state index >= 15 is 0 Å². The molecule has 0 radical (unpaired) electrons. The van der Waals surface area contributed by atoms with Crippen molar-refractivity contribution in [2.75, 3.05) is 0 Å². The molecule has 0 spiro atoms. The van der Waals surface area contributed by atoms with E-state index in [-0.39, 0.29) is 65.5 Å². The monoisotopic (exact) mass is 304 g/mol. The van der Waals surface area contributed by atoms with E-state index < -0.39 is 0 Å². The van der Waals surface area contributed by atoms with Crippen LogP contribution in [-0.4, -0.2) is 31.5 Å². The molecule has 0 aliphatic rings. The molecule has 0 saturated carbocycles. The van der Waals surface area contributed by atoms with Crippen LogP contribution in [0.4, 0.5) is 0 Å². The number of rotatable bonds is 3. The molecule has 0 aromatic heterocycles. The SMILES string of the molecule is Br.Br.C[CH2][Al]([CH2]C)[CH2]C.[AlH3]. The van der Waals surface area contributed by atoms with Gasteiger partial charge < -0.3 is 0 Å². The van der Waals surface area contributed by atoms with E-state index in [1.165, 1.54) is 15.8 Å². The Bertz CT molecular complexity index is 35.2. The molecule has 0 heterocycles. The highest BCUT2D eigenvalue weighted by Gasteiger charge is 2.05. The molecule has 0 saturated heterocycles. The van der Waals surface area contributed by atoms with Crippen LogP contribution >= 0.6 is 34.0 Å². The Morgan fingerprint density at radius 2 is 1.00 bits per heavy atom. The molecule has 0 fully saturated rings. The van der Waals surface area contributed by atoms with Gasteiger partial charge in [-0.05, 0) is 0 Å². The van der Waals surface area contributed by atoms with Crippen LogP contribution in [0.15, 0.2) is 0 Å². The summed E-state index contributed by atoms with van der Waals surface area (Å²) in [6.07, 6.45) is 0. The van der Waals surface area contributed by atoms with Gasteiger partial charge in [-0.1, -0.05) is 36.6 Å². The van der Waals surface area contributed by atoms with Crippen LogP contribution in [0.25, 0.3) is 0 Å². The van der Waals surface area contributed by atoms with Gasteiger partial charge in [-0.15, -0.1) is 34.0 Å². The predicted octanol–water partition coefficient (Wildman–Crippen LogP) is 2.51. The Morgan fingerprint density at radius 3 is 1.00 bits per heavy atom. The zero-order valence-electron chi connectivity index (χ0n) is 6.52. The molecule has 0 unspecified atom stereocenters. The van der Waals surface area contributed by atoms with Crippen LogP contribution in [-0.2, 0) is 0 Å². The summed E-state index contributed by atoms with van der Waals surface area (Å²) >= 11 is -0.171. The van der Waals surface area contributed by atoms with Crippen LogP contribution in [0.5, 0.6) is 0 Å². The zero-order valence-corrected chi connectivity index (χ0v) is 11.1. The second-order valence-corrected chi connectivity index (χ2v) is 6.27. The molecule has 0 aliphatic carbocycles. The molecule has 64 valence electrons. The van der Waals surface area contributed by atoms with Crippen LogP contribution in [0, 0.1) is 0 Å². The van der Waals surface area contributed by atoms with Gasteiger partial charge in [-0.3, -0.25) is 0 Å². The summed E-state index contributed by atoms with van der Waals surface area (Å²) in [5, 5.41) is 4.48. The van der Waals surface area contributed by atoms with Crippen molar-refractivity contribution in [1.82, 2.24) is 0 Å². The van der Waals surface area contributed by atoms with Gasteiger partial charge in [-0.2, -0.15) is 0 Å². The minimum Gasteiger partial charge on any atom is -0.114 e. The molecule has 0 aliphatic heterocycles. The van der Waals surface area contributed by atoms with E-state index in [0.717, 1.165) is 0 Å². The van der Waals surface area contributed by atoms with E-state index in [1.54, 1.807) is 0 Å². The second kappa shape index (κ2) is 17.2. The molecule has 10 heavy (non-hydrogen) atoms. The molecule has 0 aromatic carbocycles. The lowest BCUT2D eigenvalue weighted by atomic mass is 10.9. The largest absolute Gasteiger partial charge is 0.261 e. The van der Waals surface area contributed by atoms with Gasteiger partial charge in [0.05, 0.1) is 0 Å². The number of hydrogen-bond donors (Lipinski definition) is 0. The van der Waals surface area contributed by atoms with Gasteiger partial charge in [0, 0.05) is 0 Å². The molecule has 0 aromatic rings. The normalized spacial score (nSPS) is 6.30. The maximum atomic E-state index is 2.32. The third-order valence-electron chi connectivity index (χ3n) is 1.73. The number of halogens is 2. The molecule has 0 bridgehead atoms. The molecular weight excluding hydrogens is 286 g/mol. The minimum atomic E-state index is -0.171. The highest BCUT2D eigenvalue weighted by atomic mass is 79.9. The van der Waals surface area contributed by atoms with Crippen LogP contribution in [0.3, 0.4) is 0 Å². The Hall–Kier alpha value is 2.02. The van der Waals surface area contributed by atoms with Crippen molar-refractivity contribution in [1.29, 1.82) is 0 Å². The standard InChI is InChI=1S/3C2H5.2Al.2BrH.3H/c3*1-2;;;;;;;/h3*1H2,2H3;;;2*1H;;;. The Labute approximate surface area is 101 Å². The summed E-state index contributed by atoms with van der Waals surface area (Å²) in [5.41, 5.74) is 0. The molecule has 0 rings (SSSR count). The minimum absolute atomic E-state index is 0. The fourth-order valence-corrected chi connectivity index (χ4v) is 2.60. The Morgan fingerprint density at radius 1 is 0.800 bits per heavy atom. The lowest BCUT2D eigenvalue weighted by Crippen LogP contribution is -2.04. The first kappa shape index (κ1) is 22.7. The van der Waals surface area contributed by atoms with Crippen LogP contribution in [0.1, 0.15) is 20.8 Å². The lowest BCUT2D eigenvalue weighted by Gasteiger charge is -1.97. The van der Waals surface area contributed by atoms with Crippen molar-refractivity contribution in [3.05, 3.63) is 0 Å². The molecule has 0 nitrogen and oxygen atoms in total. The van der Waals surface area contributed by atoms with E-state index in [2.05, 4.69) is 20.8 Å². The van der Waals surface area contributed by atoms with Crippen LogP contribution < -0.4 is 0 Å². The zero-order chi connectivity index (χ0) is 5.70. The summed E-state index contributed by atoms with van der Waals surface area (Å²) in [7, 11) is 0. The van der Waals surface area contributed by atoms with Crippen molar-refractivity contribution in [2.24, 2.45) is 0 Å². The summed E-state index contributed by atoms with van der Waals surface area (Å²) in [6.45, 7) is 6.97. The van der Waals surface area contributed by atoms with Crippen molar-refractivity contribution >= 4 is 65.5 Å². The summed E-state index contributed by atoms with van der Waals surface area (Å²) in [4.78, 5) is 0. The molecule has 0 amide bonds. The summed E-state index contributed by atoms with van der Waals surface area (Å²) < 4.78 is 0. The first-order chi connectivity index (χ1) is 3.35. The van der Waals surface area contributed by atoms with Gasteiger partial charge >= 0.3 is 0 Å². The van der Waals surface area contributed by atoms with Crippen molar-refractivity contribution in [3.8, 4) is 0 Å². The van der Waals surface area contributed by atoms with Crippen LogP contribution in [0.2, 0.25) is 15.8 Å². The van der Waals surface area contributed by atoms with Crippen molar-refractivity contribution < 1.29 is 0 Å². The van der Waals surface area contributed by atoms with Gasteiger partial charge in [0.1, 0.15) is 0 Å². The first-order valence-electron chi connectivity index (χ1n) is 3.35. The third-order valence-corrected chi connectivity index (χ3v) is 5.20. The average Bonchev–Trinajstić information content (AvgIpc) is 1.72. The Balaban J connectivity index is -0.0000000600. The molecule has 0 atom stereocenters. The van der Waals surface area contributed by atoms with Gasteiger partial charge in [0.15, 0.2) is 17.4 Å². The molecule has 0 N–H and O–H groups in total. The van der Waals surface area contributed by atoms with E-state index in [1.807, 2.05) is 0 Å². The molecular formula is C6H20Al2Br2. The summed E-state index contributed by atoms with van der Waals surface area (Å²) in [5.74, 6) is 0. The third kappa shape index (κ3) is 12.7. The number of hydrogen-bond acceptors (Lipinski definition) is 0.